The predicted octanol–water partition coefficient (Wildman–Crippen LogP) is 2.91. The number of aldehydes is 1. The number of benzene rings is 1. The Morgan fingerprint density at radius 1 is 1.18 bits per heavy atom. The summed E-state index contributed by atoms with van der Waals surface area (Å²) in [5, 5.41) is 0. The minimum atomic E-state index is 0.135. The first kappa shape index (κ1) is 10.8. The van der Waals surface area contributed by atoms with Gasteiger partial charge >= 0.3 is 0 Å². The van der Waals surface area contributed by atoms with Gasteiger partial charge in [-0.1, -0.05) is 12.1 Å². The van der Waals surface area contributed by atoms with Crippen molar-refractivity contribution in [3.8, 4) is 0 Å². The summed E-state index contributed by atoms with van der Waals surface area (Å²) in [4.78, 5) is 13.7. The smallest absolute Gasteiger partial charge is 0.127 e. The Morgan fingerprint density at radius 2 is 2.00 bits per heavy atom. The van der Waals surface area contributed by atoms with Crippen LogP contribution in [0.5, 0.6) is 0 Å². The van der Waals surface area contributed by atoms with Gasteiger partial charge in [0, 0.05) is 24.7 Å². The Balaban J connectivity index is 2.05. The third-order valence-corrected chi connectivity index (χ3v) is 4.12. The fourth-order valence-corrected chi connectivity index (χ4v) is 3.27. The van der Waals surface area contributed by atoms with Gasteiger partial charge in [-0.3, -0.25) is 0 Å². The highest BCUT2D eigenvalue weighted by atomic mass is 16.1. The summed E-state index contributed by atoms with van der Waals surface area (Å²) in [5.41, 5.74) is 4.06. The molecule has 1 unspecified atom stereocenters. The van der Waals surface area contributed by atoms with Crippen molar-refractivity contribution in [2.75, 3.05) is 18.0 Å². The number of carbonyl (C=O) groups excluding carboxylic acids is 1. The molecule has 2 aliphatic rings. The van der Waals surface area contributed by atoms with E-state index in [1.165, 1.54) is 29.7 Å². The maximum absolute atomic E-state index is 11.3. The molecule has 0 aromatic heterocycles. The highest BCUT2D eigenvalue weighted by molar-refractivity contribution is 5.71. The molecule has 1 atom stereocenters. The van der Waals surface area contributed by atoms with Crippen LogP contribution in [-0.2, 0) is 11.2 Å². The van der Waals surface area contributed by atoms with Crippen LogP contribution in [0.3, 0.4) is 0 Å². The van der Waals surface area contributed by atoms with Crippen molar-refractivity contribution in [2.45, 2.75) is 38.0 Å². The van der Waals surface area contributed by atoms with E-state index in [9.17, 15) is 4.79 Å². The fourth-order valence-electron chi connectivity index (χ4n) is 3.27. The predicted molar refractivity (Wildman–Crippen MR) is 69.6 cm³/mol. The second-order valence-corrected chi connectivity index (χ2v) is 5.18. The molecule has 1 aliphatic carbocycles. The van der Waals surface area contributed by atoms with E-state index in [2.05, 4.69) is 23.1 Å². The van der Waals surface area contributed by atoms with Gasteiger partial charge in [-0.25, -0.2) is 0 Å². The van der Waals surface area contributed by atoms with Crippen LogP contribution >= 0.6 is 0 Å². The SMILES string of the molecule is O=CC1CCCc2cccc(N3CCCC3)c21. The van der Waals surface area contributed by atoms with Gasteiger partial charge in [-0.2, -0.15) is 0 Å². The normalized spacial score (nSPS) is 23.5. The van der Waals surface area contributed by atoms with Gasteiger partial charge in [-0.15, -0.1) is 0 Å². The third-order valence-electron chi connectivity index (χ3n) is 4.12. The number of rotatable bonds is 2. The molecule has 3 rings (SSSR count). The molecule has 0 bridgehead atoms. The molecule has 1 fully saturated rings. The molecular weight excluding hydrogens is 210 g/mol. The minimum absolute atomic E-state index is 0.135. The molecule has 0 amide bonds. The molecule has 0 spiro atoms. The monoisotopic (exact) mass is 229 g/mol. The van der Waals surface area contributed by atoms with Crippen LogP contribution in [0, 0.1) is 0 Å². The van der Waals surface area contributed by atoms with Crippen molar-refractivity contribution in [2.24, 2.45) is 0 Å². The molecular formula is C15H19NO. The van der Waals surface area contributed by atoms with Crippen molar-refractivity contribution < 1.29 is 4.79 Å². The second kappa shape index (κ2) is 4.52. The van der Waals surface area contributed by atoms with Crippen molar-refractivity contribution >= 4 is 12.0 Å². The van der Waals surface area contributed by atoms with E-state index in [-0.39, 0.29) is 5.92 Å². The largest absolute Gasteiger partial charge is 0.371 e. The summed E-state index contributed by atoms with van der Waals surface area (Å²) in [6.45, 7) is 2.31. The van der Waals surface area contributed by atoms with E-state index < -0.39 is 0 Å². The number of hydrogen-bond acceptors (Lipinski definition) is 2. The zero-order chi connectivity index (χ0) is 11.7. The number of hydrogen-bond donors (Lipinski definition) is 0. The number of aryl methyl sites for hydroxylation is 1. The van der Waals surface area contributed by atoms with Gasteiger partial charge in [0.2, 0.25) is 0 Å². The molecule has 2 heteroatoms. The summed E-state index contributed by atoms with van der Waals surface area (Å²) in [7, 11) is 0. The number of carbonyl (C=O) groups is 1. The molecule has 0 saturated carbocycles. The zero-order valence-electron chi connectivity index (χ0n) is 10.2. The second-order valence-electron chi connectivity index (χ2n) is 5.18. The van der Waals surface area contributed by atoms with Crippen LogP contribution in [0.2, 0.25) is 0 Å². The van der Waals surface area contributed by atoms with E-state index in [4.69, 9.17) is 0 Å². The van der Waals surface area contributed by atoms with Crippen LogP contribution in [-0.4, -0.2) is 19.4 Å². The van der Waals surface area contributed by atoms with Gasteiger partial charge in [-0.05, 0) is 49.3 Å². The van der Waals surface area contributed by atoms with Crippen LogP contribution in [0.15, 0.2) is 18.2 Å². The summed E-state index contributed by atoms with van der Waals surface area (Å²) in [6, 6.07) is 6.55. The van der Waals surface area contributed by atoms with Crippen LogP contribution in [0.25, 0.3) is 0 Å². The Morgan fingerprint density at radius 3 is 2.76 bits per heavy atom. The number of anilines is 1. The lowest BCUT2D eigenvalue weighted by Crippen LogP contribution is -2.23. The van der Waals surface area contributed by atoms with Crippen LogP contribution in [0.4, 0.5) is 5.69 Å². The van der Waals surface area contributed by atoms with Gasteiger partial charge < -0.3 is 9.69 Å². The first-order chi connectivity index (χ1) is 8.40. The molecule has 0 radical (unpaired) electrons. The zero-order valence-corrected chi connectivity index (χ0v) is 10.2. The topological polar surface area (TPSA) is 20.3 Å². The molecule has 1 saturated heterocycles. The average molecular weight is 229 g/mol. The van der Waals surface area contributed by atoms with Gasteiger partial charge in [0.15, 0.2) is 0 Å². The maximum Gasteiger partial charge on any atom is 0.127 e. The van der Waals surface area contributed by atoms with Crippen molar-refractivity contribution in [1.82, 2.24) is 0 Å². The van der Waals surface area contributed by atoms with Crippen LogP contribution in [0.1, 0.15) is 42.7 Å². The summed E-state index contributed by atoms with van der Waals surface area (Å²) in [6.07, 6.45) is 7.05. The molecule has 1 aromatic carbocycles. The molecule has 1 heterocycles. The number of nitrogens with zero attached hydrogens (tertiary/aromatic N) is 1. The highest BCUT2D eigenvalue weighted by Gasteiger charge is 2.25. The maximum atomic E-state index is 11.3. The van der Waals surface area contributed by atoms with Crippen LogP contribution < -0.4 is 4.90 Å². The average Bonchev–Trinajstić information content (AvgIpc) is 2.91. The first-order valence-electron chi connectivity index (χ1n) is 6.72. The summed E-state index contributed by atoms with van der Waals surface area (Å²) in [5.74, 6) is 0.135. The van der Waals surface area contributed by atoms with E-state index >= 15 is 0 Å². The molecule has 17 heavy (non-hydrogen) atoms. The van der Waals surface area contributed by atoms with Gasteiger partial charge in [0.1, 0.15) is 6.29 Å². The fraction of sp³-hybridized carbons (Fsp3) is 0.533. The molecule has 1 aliphatic heterocycles. The molecule has 90 valence electrons. The highest BCUT2D eigenvalue weighted by Crippen LogP contribution is 2.38. The minimum Gasteiger partial charge on any atom is -0.371 e. The Bertz CT molecular complexity index is 421. The van der Waals surface area contributed by atoms with Crippen molar-refractivity contribution in [3.63, 3.8) is 0 Å². The van der Waals surface area contributed by atoms with E-state index in [1.807, 2.05) is 0 Å². The van der Waals surface area contributed by atoms with E-state index in [0.717, 1.165) is 38.6 Å². The lowest BCUT2D eigenvalue weighted by atomic mass is 9.82. The van der Waals surface area contributed by atoms with Crippen molar-refractivity contribution in [1.29, 1.82) is 0 Å². The van der Waals surface area contributed by atoms with Crippen molar-refractivity contribution in [3.05, 3.63) is 29.3 Å². The third kappa shape index (κ3) is 1.86. The lowest BCUT2D eigenvalue weighted by molar-refractivity contribution is -0.109. The Kier molecular flexibility index (Phi) is 2.87. The van der Waals surface area contributed by atoms with E-state index in [0.29, 0.717) is 0 Å². The van der Waals surface area contributed by atoms with Gasteiger partial charge in [0.25, 0.3) is 0 Å². The summed E-state index contributed by atoms with van der Waals surface area (Å²) >= 11 is 0. The quantitative estimate of drug-likeness (QED) is 0.727. The first-order valence-corrected chi connectivity index (χ1v) is 6.72. The standard InChI is InChI=1S/C15H19NO/c17-11-13-7-3-5-12-6-4-8-14(15(12)13)16-9-1-2-10-16/h4,6,8,11,13H,1-3,5,7,9-10H2. The molecule has 1 aromatic rings. The number of fused-ring (bicyclic) bond motifs is 1. The summed E-state index contributed by atoms with van der Waals surface area (Å²) < 4.78 is 0. The lowest BCUT2D eigenvalue weighted by Gasteiger charge is -2.29. The van der Waals surface area contributed by atoms with E-state index in [1.54, 1.807) is 0 Å². The Hall–Kier alpha value is -1.31. The molecule has 0 N–H and O–H groups in total. The Labute approximate surface area is 103 Å². The van der Waals surface area contributed by atoms with Gasteiger partial charge in [0.05, 0.1) is 0 Å². The molecule has 2 nitrogen and oxygen atoms in total.